The lowest BCUT2D eigenvalue weighted by molar-refractivity contribution is -0.142. The van der Waals surface area contributed by atoms with E-state index in [0.29, 0.717) is 22.2 Å². The molecule has 3 aromatic rings. The Labute approximate surface area is 149 Å². The third-order valence-corrected chi connectivity index (χ3v) is 4.07. The molecule has 1 N–H and O–H groups in total. The fraction of sp³-hybridized carbons (Fsp3) is 0.211. The van der Waals surface area contributed by atoms with Crippen molar-refractivity contribution in [3.8, 4) is 0 Å². The van der Waals surface area contributed by atoms with Crippen LogP contribution in [0.15, 0.2) is 53.3 Å². The molecule has 0 saturated carbocycles. The molecular formula is C19H18N2O5. The van der Waals surface area contributed by atoms with E-state index in [-0.39, 0.29) is 12.3 Å². The van der Waals surface area contributed by atoms with E-state index >= 15 is 0 Å². The monoisotopic (exact) mass is 354 g/mol. The zero-order chi connectivity index (χ0) is 18.7. The van der Waals surface area contributed by atoms with E-state index in [1.165, 1.54) is 31.1 Å². The maximum Gasteiger partial charge on any atom is 0.328 e. The number of furan rings is 1. The van der Waals surface area contributed by atoms with Gasteiger partial charge in [0.25, 0.3) is 5.91 Å². The van der Waals surface area contributed by atoms with Gasteiger partial charge < -0.3 is 14.5 Å². The average Bonchev–Trinajstić information content (AvgIpc) is 3.27. The Morgan fingerprint density at radius 2 is 1.96 bits per heavy atom. The highest BCUT2D eigenvalue weighted by Gasteiger charge is 2.25. The second-order valence-corrected chi connectivity index (χ2v) is 5.78. The van der Waals surface area contributed by atoms with Crippen LogP contribution in [0.25, 0.3) is 10.9 Å². The Morgan fingerprint density at radius 1 is 1.19 bits per heavy atom. The van der Waals surface area contributed by atoms with Gasteiger partial charge >= 0.3 is 5.97 Å². The van der Waals surface area contributed by atoms with Gasteiger partial charge in [0, 0.05) is 24.9 Å². The summed E-state index contributed by atoms with van der Waals surface area (Å²) < 4.78 is 11.4. The number of hydrogen-bond donors (Lipinski definition) is 1. The maximum atomic E-state index is 12.8. The van der Waals surface area contributed by atoms with Crippen molar-refractivity contribution < 1.29 is 23.5 Å². The molecule has 1 aromatic carbocycles. The molecular weight excluding hydrogens is 336 g/mol. The van der Waals surface area contributed by atoms with Gasteiger partial charge in [0.15, 0.2) is 0 Å². The molecule has 0 saturated heterocycles. The smallest absolute Gasteiger partial charge is 0.328 e. The van der Waals surface area contributed by atoms with Crippen molar-refractivity contribution in [3.63, 3.8) is 0 Å². The lowest BCUT2D eigenvalue weighted by atomic mass is 10.1. The fourth-order valence-electron chi connectivity index (χ4n) is 2.82. The van der Waals surface area contributed by atoms with E-state index in [0.717, 1.165) is 0 Å². The number of carbonyl (C=O) groups is 3. The number of fused-ring (bicyclic) bond motifs is 1. The second-order valence-electron chi connectivity index (χ2n) is 5.78. The van der Waals surface area contributed by atoms with Gasteiger partial charge in [0.05, 0.1) is 24.5 Å². The molecule has 0 aliphatic heterocycles. The predicted octanol–water partition coefficient (Wildman–Crippen LogP) is 2.41. The van der Waals surface area contributed by atoms with Crippen LogP contribution in [0.1, 0.15) is 27.8 Å². The van der Waals surface area contributed by atoms with E-state index in [4.69, 9.17) is 9.15 Å². The maximum absolute atomic E-state index is 12.8. The van der Waals surface area contributed by atoms with E-state index in [1.54, 1.807) is 36.4 Å². The molecule has 0 fully saturated rings. The number of methoxy groups -OCH3 is 1. The number of rotatable bonds is 5. The molecule has 1 unspecified atom stereocenters. The van der Waals surface area contributed by atoms with Gasteiger partial charge in [-0.3, -0.25) is 14.2 Å². The van der Waals surface area contributed by atoms with Crippen LogP contribution in [0.2, 0.25) is 0 Å². The second kappa shape index (κ2) is 7.26. The van der Waals surface area contributed by atoms with Crippen molar-refractivity contribution in [2.24, 2.45) is 0 Å². The molecule has 0 radical (unpaired) electrons. The normalized spacial score (nSPS) is 11.9. The number of aromatic nitrogens is 1. The molecule has 1 amide bonds. The van der Waals surface area contributed by atoms with Gasteiger partial charge in [-0.1, -0.05) is 18.2 Å². The molecule has 3 rings (SSSR count). The van der Waals surface area contributed by atoms with Crippen molar-refractivity contribution in [2.45, 2.75) is 19.4 Å². The van der Waals surface area contributed by atoms with Gasteiger partial charge in [-0.25, -0.2) is 4.79 Å². The van der Waals surface area contributed by atoms with E-state index in [2.05, 4.69) is 5.32 Å². The van der Waals surface area contributed by atoms with Crippen LogP contribution in [-0.4, -0.2) is 35.5 Å². The minimum atomic E-state index is -0.905. The summed E-state index contributed by atoms with van der Waals surface area (Å²) in [6.45, 7) is 1.42. The average molecular weight is 354 g/mol. The van der Waals surface area contributed by atoms with Crippen molar-refractivity contribution in [2.75, 3.05) is 7.11 Å². The van der Waals surface area contributed by atoms with Crippen LogP contribution in [0.5, 0.6) is 0 Å². The minimum Gasteiger partial charge on any atom is -0.469 e. The largest absolute Gasteiger partial charge is 0.469 e. The first-order valence-electron chi connectivity index (χ1n) is 8.03. The standard InChI is InChI=1S/C19H18N2O5/c1-12(22)21-11-15(14-7-3-4-8-17(14)21)18(23)20-16(19(24)25-2)10-13-6-5-9-26-13/h3-9,11,16H,10H2,1-2H3,(H,20,23). The van der Waals surface area contributed by atoms with E-state index < -0.39 is 17.9 Å². The highest BCUT2D eigenvalue weighted by molar-refractivity contribution is 6.10. The molecule has 0 aliphatic carbocycles. The third-order valence-electron chi connectivity index (χ3n) is 4.07. The quantitative estimate of drug-likeness (QED) is 0.711. The number of carbonyl (C=O) groups excluding carboxylic acids is 3. The van der Waals surface area contributed by atoms with Gasteiger partial charge in [-0.05, 0) is 18.2 Å². The number of hydrogen-bond acceptors (Lipinski definition) is 5. The number of benzene rings is 1. The SMILES string of the molecule is COC(=O)C(Cc1ccco1)NC(=O)c1cn(C(C)=O)c2ccccc12. The van der Waals surface area contributed by atoms with Crippen molar-refractivity contribution in [3.05, 3.63) is 60.2 Å². The van der Waals surface area contributed by atoms with Crippen LogP contribution in [0.3, 0.4) is 0 Å². The summed E-state index contributed by atoms with van der Waals surface area (Å²) >= 11 is 0. The molecule has 0 spiro atoms. The highest BCUT2D eigenvalue weighted by Crippen LogP contribution is 2.21. The summed E-state index contributed by atoms with van der Waals surface area (Å²) in [5.41, 5.74) is 0.940. The Bertz CT molecular complexity index is 956. The van der Waals surface area contributed by atoms with Crippen LogP contribution in [0, 0.1) is 0 Å². The lowest BCUT2D eigenvalue weighted by Crippen LogP contribution is -2.43. The summed E-state index contributed by atoms with van der Waals surface area (Å²) in [7, 11) is 1.26. The van der Waals surface area contributed by atoms with E-state index in [1.807, 2.05) is 0 Å². The Balaban J connectivity index is 1.91. The van der Waals surface area contributed by atoms with Gasteiger partial charge in [0.2, 0.25) is 5.91 Å². The van der Waals surface area contributed by atoms with Gasteiger partial charge in [-0.15, -0.1) is 0 Å². The fourth-order valence-corrected chi connectivity index (χ4v) is 2.82. The summed E-state index contributed by atoms with van der Waals surface area (Å²) in [6.07, 6.45) is 3.13. The highest BCUT2D eigenvalue weighted by atomic mass is 16.5. The topological polar surface area (TPSA) is 90.5 Å². The van der Waals surface area contributed by atoms with Crippen molar-refractivity contribution in [1.29, 1.82) is 0 Å². The van der Waals surface area contributed by atoms with Crippen LogP contribution in [0.4, 0.5) is 0 Å². The van der Waals surface area contributed by atoms with Crippen LogP contribution < -0.4 is 5.32 Å². The minimum absolute atomic E-state index is 0.163. The number of para-hydroxylation sites is 1. The molecule has 1 atom stereocenters. The summed E-state index contributed by atoms with van der Waals surface area (Å²) in [6, 6.07) is 9.59. The first kappa shape index (κ1) is 17.5. The lowest BCUT2D eigenvalue weighted by Gasteiger charge is -2.15. The molecule has 2 heterocycles. The van der Waals surface area contributed by atoms with E-state index in [9.17, 15) is 14.4 Å². The Morgan fingerprint density at radius 3 is 2.62 bits per heavy atom. The molecule has 0 aliphatic rings. The summed E-state index contributed by atoms with van der Waals surface area (Å²) in [5.74, 6) is -0.708. The third kappa shape index (κ3) is 3.37. The number of nitrogens with zero attached hydrogens (tertiary/aromatic N) is 1. The van der Waals surface area contributed by atoms with Crippen LogP contribution >= 0.6 is 0 Å². The molecule has 2 aromatic heterocycles. The number of esters is 1. The van der Waals surface area contributed by atoms with Gasteiger partial charge in [0.1, 0.15) is 11.8 Å². The van der Waals surface area contributed by atoms with Gasteiger partial charge in [-0.2, -0.15) is 0 Å². The molecule has 7 heteroatoms. The Hall–Kier alpha value is -3.35. The first-order valence-corrected chi connectivity index (χ1v) is 8.03. The zero-order valence-electron chi connectivity index (χ0n) is 14.4. The predicted molar refractivity (Wildman–Crippen MR) is 93.9 cm³/mol. The summed E-state index contributed by atoms with van der Waals surface area (Å²) in [5, 5.41) is 3.30. The van der Waals surface area contributed by atoms with Crippen molar-refractivity contribution in [1.82, 2.24) is 9.88 Å². The molecule has 7 nitrogen and oxygen atoms in total. The number of ether oxygens (including phenoxy) is 1. The molecule has 26 heavy (non-hydrogen) atoms. The first-order chi connectivity index (χ1) is 12.5. The Kier molecular flexibility index (Phi) is 4.88. The number of amides is 1. The number of nitrogens with one attached hydrogen (secondary N) is 1. The molecule has 134 valence electrons. The molecule has 0 bridgehead atoms. The van der Waals surface area contributed by atoms with Crippen LogP contribution in [-0.2, 0) is 16.0 Å². The van der Waals surface area contributed by atoms with Crippen molar-refractivity contribution >= 4 is 28.7 Å². The zero-order valence-corrected chi connectivity index (χ0v) is 14.4. The summed E-state index contributed by atoms with van der Waals surface area (Å²) in [4.78, 5) is 36.7.